The first-order valence-corrected chi connectivity index (χ1v) is 7.90. The van der Waals surface area contributed by atoms with E-state index in [-0.39, 0.29) is 18.2 Å². The summed E-state index contributed by atoms with van der Waals surface area (Å²) in [7, 11) is 1.43. The van der Waals surface area contributed by atoms with Gasteiger partial charge in [0.1, 0.15) is 5.82 Å². The maximum absolute atomic E-state index is 11.8. The number of hydrogen-bond acceptors (Lipinski definition) is 5. The normalized spacial score (nSPS) is 22.8. The summed E-state index contributed by atoms with van der Waals surface area (Å²) in [5, 5.41) is 0. The van der Waals surface area contributed by atoms with E-state index in [0.29, 0.717) is 0 Å². The molecule has 1 aromatic heterocycles. The van der Waals surface area contributed by atoms with Crippen molar-refractivity contribution in [3.63, 3.8) is 0 Å². The lowest BCUT2D eigenvalue weighted by atomic mass is 10.1. The minimum Gasteiger partial charge on any atom is -0.453 e. The Morgan fingerprint density at radius 3 is 2.45 bits per heavy atom. The molecule has 2 unspecified atom stereocenters. The first kappa shape index (κ1) is 15.0. The van der Waals surface area contributed by atoms with Gasteiger partial charge in [-0.15, -0.1) is 11.8 Å². The van der Waals surface area contributed by atoms with Crippen molar-refractivity contribution in [1.82, 2.24) is 9.88 Å². The van der Waals surface area contributed by atoms with E-state index in [1.807, 2.05) is 32.4 Å². The van der Waals surface area contributed by atoms with Crippen molar-refractivity contribution in [2.24, 2.45) is 0 Å². The topological polar surface area (TPSA) is 45.7 Å². The number of thioether (sulfide) groups is 1. The third kappa shape index (κ3) is 3.00. The molecular formula is C14H21N3O2S. The van der Waals surface area contributed by atoms with Gasteiger partial charge in [0.05, 0.1) is 19.2 Å². The number of carbonyl (C=O) groups is 1. The van der Waals surface area contributed by atoms with E-state index in [2.05, 4.69) is 16.0 Å². The largest absolute Gasteiger partial charge is 0.453 e. The lowest BCUT2D eigenvalue weighted by Gasteiger charge is -2.43. The van der Waals surface area contributed by atoms with Crippen LogP contribution in [0, 0.1) is 0 Å². The molecule has 0 aromatic carbocycles. The van der Waals surface area contributed by atoms with Gasteiger partial charge in [0.15, 0.2) is 0 Å². The van der Waals surface area contributed by atoms with Crippen LogP contribution in [0.25, 0.3) is 0 Å². The Hall–Kier alpha value is -1.43. The number of ether oxygens (including phenoxy) is 1. The fraction of sp³-hybridized carbons (Fsp3) is 0.571. The Balaban J connectivity index is 2.11. The van der Waals surface area contributed by atoms with Gasteiger partial charge in [-0.3, -0.25) is 4.90 Å². The fourth-order valence-electron chi connectivity index (χ4n) is 2.66. The number of anilines is 1. The van der Waals surface area contributed by atoms with Crippen LogP contribution in [0.3, 0.4) is 0 Å². The van der Waals surface area contributed by atoms with Crippen LogP contribution >= 0.6 is 11.8 Å². The van der Waals surface area contributed by atoms with Gasteiger partial charge in [0, 0.05) is 24.2 Å². The van der Waals surface area contributed by atoms with Gasteiger partial charge in [-0.1, -0.05) is 0 Å². The molecule has 0 N–H and O–H groups in total. The minimum atomic E-state index is -0.254. The van der Waals surface area contributed by atoms with Crippen molar-refractivity contribution in [3.8, 4) is 0 Å². The zero-order valence-electron chi connectivity index (χ0n) is 12.4. The molecule has 0 spiro atoms. The lowest BCUT2D eigenvalue weighted by molar-refractivity contribution is 0.0818. The fourth-order valence-corrected chi connectivity index (χ4v) is 3.02. The van der Waals surface area contributed by atoms with Crippen LogP contribution in [0.15, 0.2) is 23.2 Å². The molecule has 6 heteroatoms. The van der Waals surface area contributed by atoms with Crippen LogP contribution < -0.4 is 4.90 Å². The van der Waals surface area contributed by atoms with Crippen molar-refractivity contribution in [2.75, 3.05) is 31.4 Å². The zero-order chi connectivity index (χ0) is 14.7. The van der Waals surface area contributed by atoms with Gasteiger partial charge in [-0.2, -0.15) is 0 Å². The van der Waals surface area contributed by atoms with Crippen LogP contribution in [-0.4, -0.2) is 54.5 Å². The first-order chi connectivity index (χ1) is 9.56. The highest BCUT2D eigenvalue weighted by molar-refractivity contribution is 7.98. The van der Waals surface area contributed by atoms with E-state index in [1.54, 1.807) is 16.7 Å². The van der Waals surface area contributed by atoms with Gasteiger partial charge in [-0.05, 0) is 32.2 Å². The molecular weight excluding hydrogens is 274 g/mol. The third-order valence-electron chi connectivity index (χ3n) is 3.58. The molecule has 1 saturated heterocycles. The number of amides is 1. The molecule has 2 rings (SSSR count). The molecule has 0 aliphatic carbocycles. The Kier molecular flexibility index (Phi) is 4.75. The van der Waals surface area contributed by atoms with Gasteiger partial charge >= 0.3 is 6.09 Å². The SMILES string of the molecule is COC(=O)N1C(C)CN(c2ccc(SC)cn2)CC1C. The van der Waals surface area contributed by atoms with E-state index >= 15 is 0 Å². The summed E-state index contributed by atoms with van der Waals surface area (Å²) in [6, 6.07) is 4.33. The Morgan fingerprint density at radius 1 is 1.35 bits per heavy atom. The summed E-state index contributed by atoms with van der Waals surface area (Å²) in [6.45, 7) is 5.61. The zero-order valence-corrected chi connectivity index (χ0v) is 13.2. The number of aromatic nitrogens is 1. The third-order valence-corrected chi connectivity index (χ3v) is 4.30. The quantitative estimate of drug-likeness (QED) is 0.784. The minimum absolute atomic E-state index is 0.105. The standard InChI is InChI=1S/C14H21N3O2S/c1-10-8-16(9-11(2)17(10)14(18)19-3)13-6-5-12(20-4)7-15-13/h5-7,10-11H,8-9H2,1-4H3. The molecule has 110 valence electrons. The molecule has 5 nitrogen and oxygen atoms in total. The van der Waals surface area contributed by atoms with Gasteiger partial charge in [-0.25, -0.2) is 9.78 Å². The molecule has 1 amide bonds. The Morgan fingerprint density at radius 2 is 2.00 bits per heavy atom. The molecule has 1 aliphatic heterocycles. The van der Waals surface area contributed by atoms with Crippen molar-refractivity contribution >= 4 is 23.7 Å². The highest BCUT2D eigenvalue weighted by atomic mass is 32.2. The number of methoxy groups -OCH3 is 1. The summed E-state index contributed by atoms with van der Waals surface area (Å²) in [4.78, 5) is 21.5. The van der Waals surface area contributed by atoms with E-state index < -0.39 is 0 Å². The predicted molar refractivity (Wildman–Crippen MR) is 81.4 cm³/mol. The number of carbonyl (C=O) groups excluding carboxylic acids is 1. The van der Waals surface area contributed by atoms with Gasteiger partial charge in [0.25, 0.3) is 0 Å². The first-order valence-electron chi connectivity index (χ1n) is 6.68. The summed E-state index contributed by atoms with van der Waals surface area (Å²) in [5.41, 5.74) is 0. The van der Waals surface area contributed by atoms with Crippen molar-refractivity contribution < 1.29 is 9.53 Å². The Bertz CT molecular complexity index is 454. The van der Waals surface area contributed by atoms with Crippen molar-refractivity contribution in [2.45, 2.75) is 30.8 Å². The average Bonchev–Trinajstić information content (AvgIpc) is 2.46. The summed E-state index contributed by atoms with van der Waals surface area (Å²) in [5.74, 6) is 0.964. The molecule has 0 radical (unpaired) electrons. The van der Waals surface area contributed by atoms with Crippen LogP contribution in [0.5, 0.6) is 0 Å². The number of hydrogen-bond donors (Lipinski definition) is 0. The molecule has 2 atom stereocenters. The highest BCUT2D eigenvalue weighted by Gasteiger charge is 2.33. The molecule has 1 aromatic rings. The van der Waals surface area contributed by atoms with Crippen LogP contribution in [-0.2, 0) is 4.74 Å². The monoisotopic (exact) mass is 295 g/mol. The second kappa shape index (κ2) is 6.35. The van der Waals surface area contributed by atoms with E-state index in [4.69, 9.17) is 4.74 Å². The Labute approximate surface area is 124 Å². The second-order valence-corrected chi connectivity index (χ2v) is 5.92. The van der Waals surface area contributed by atoms with E-state index in [1.165, 1.54) is 7.11 Å². The molecule has 0 bridgehead atoms. The van der Waals surface area contributed by atoms with Gasteiger partial charge < -0.3 is 9.64 Å². The summed E-state index contributed by atoms with van der Waals surface area (Å²) >= 11 is 1.68. The van der Waals surface area contributed by atoms with Crippen molar-refractivity contribution in [1.29, 1.82) is 0 Å². The number of rotatable bonds is 2. The highest BCUT2D eigenvalue weighted by Crippen LogP contribution is 2.23. The molecule has 1 aliphatic rings. The maximum atomic E-state index is 11.8. The van der Waals surface area contributed by atoms with Crippen LogP contribution in [0.4, 0.5) is 10.6 Å². The summed E-state index contributed by atoms with van der Waals surface area (Å²) < 4.78 is 4.85. The van der Waals surface area contributed by atoms with Gasteiger partial charge in [0.2, 0.25) is 0 Å². The predicted octanol–water partition coefficient (Wildman–Crippen LogP) is 2.47. The average molecular weight is 295 g/mol. The van der Waals surface area contributed by atoms with Crippen LogP contribution in [0.1, 0.15) is 13.8 Å². The smallest absolute Gasteiger partial charge is 0.410 e. The van der Waals surface area contributed by atoms with E-state index in [0.717, 1.165) is 23.8 Å². The van der Waals surface area contributed by atoms with E-state index in [9.17, 15) is 4.79 Å². The lowest BCUT2D eigenvalue weighted by Crippen LogP contribution is -2.58. The number of nitrogens with zero attached hydrogens (tertiary/aromatic N) is 3. The number of piperazine rings is 1. The number of pyridine rings is 1. The maximum Gasteiger partial charge on any atom is 0.410 e. The summed E-state index contributed by atoms with van der Waals surface area (Å²) in [6.07, 6.45) is 3.67. The molecule has 20 heavy (non-hydrogen) atoms. The molecule has 2 heterocycles. The van der Waals surface area contributed by atoms with Crippen molar-refractivity contribution in [3.05, 3.63) is 18.3 Å². The van der Waals surface area contributed by atoms with Crippen LogP contribution in [0.2, 0.25) is 0 Å². The molecule has 1 fully saturated rings. The molecule has 0 saturated carbocycles. The second-order valence-electron chi connectivity index (χ2n) is 5.04.